The van der Waals surface area contributed by atoms with E-state index >= 15 is 0 Å². The lowest BCUT2D eigenvalue weighted by Gasteiger charge is -2.18. The van der Waals surface area contributed by atoms with Crippen LogP contribution in [-0.4, -0.2) is 23.0 Å². The molecule has 0 fully saturated rings. The summed E-state index contributed by atoms with van der Waals surface area (Å²) in [7, 11) is 0. The van der Waals surface area contributed by atoms with Gasteiger partial charge < -0.3 is 0 Å². The normalized spacial score (nSPS) is 11.2. The quantitative estimate of drug-likeness (QED) is 0.748. The minimum atomic E-state index is 0.919. The van der Waals surface area contributed by atoms with Crippen molar-refractivity contribution < 1.29 is 0 Å². The molecule has 0 radical (unpaired) electrons. The smallest absolute Gasteiger partial charge is 0.108 e. The Hall–Kier alpha value is -1.19. The van der Waals surface area contributed by atoms with E-state index in [1.165, 1.54) is 15.3 Å². The van der Waals surface area contributed by atoms with Crippen LogP contribution in [0.25, 0.3) is 10.2 Å². The van der Waals surface area contributed by atoms with E-state index in [9.17, 15) is 0 Å². The second-order valence-electron chi connectivity index (χ2n) is 4.34. The molecule has 1 heterocycles. The second kappa shape index (κ2) is 5.43. The minimum absolute atomic E-state index is 0.919. The van der Waals surface area contributed by atoms with Crippen LogP contribution < -0.4 is 0 Å². The summed E-state index contributed by atoms with van der Waals surface area (Å²) in [6.07, 6.45) is 0. The number of para-hydroxylation sites is 1. The topological polar surface area (TPSA) is 16.1 Å². The van der Waals surface area contributed by atoms with Gasteiger partial charge in [-0.3, -0.25) is 4.90 Å². The Labute approximate surface area is 107 Å². The highest BCUT2D eigenvalue weighted by Crippen LogP contribution is 2.22. The van der Waals surface area contributed by atoms with E-state index in [2.05, 4.69) is 48.5 Å². The van der Waals surface area contributed by atoms with Crippen LogP contribution in [0.15, 0.2) is 36.4 Å². The van der Waals surface area contributed by atoms with Crippen molar-refractivity contribution in [3.8, 4) is 0 Å². The van der Waals surface area contributed by atoms with Gasteiger partial charge in [0.25, 0.3) is 0 Å². The molecule has 17 heavy (non-hydrogen) atoms. The van der Waals surface area contributed by atoms with Crippen molar-refractivity contribution >= 4 is 21.6 Å². The fourth-order valence-corrected chi connectivity index (χ4v) is 2.85. The highest BCUT2D eigenvalue weighted by molar-refractivity contribution is 7.18. The third-order valence-corrected chi connectivity index (χ3v) is 3.66. The van der Waals surface area contributed by atoms with Gasteiger partial charge in [0.05, 0.1) is 16.8 Å². The number of hydrogen-bond acceptors (Lipinski definition) is 3. The van der Waals surface area contributed by atoms with Crippen molar-refractivity contribution in [1.82, 2.24) is 9.88 Å². The minimum Gasteiger partial charge on any atom is -0.293 e. The lowest BCUT2D eigenvalue weighted by molar-refractivity contribution is 0.304. The monoisotopic (exact) mass is 246 g/mol. The lowest BCUT2D eigenvalue weighted by atomic mass is 10.3. The molecule has 1 aromatic carbocycles. The molecule has 0 N–H and O–H groups in total. The van der Waals surface area contributed by atoms with Crippen molar-refractivity contribution in [2.24, 2.45) is 0 Å². The van der Waals surface area contributed by atoms with E-state index in [4.69, 9.17) is 0 Å². The van der Waals surface area contributed by atoms with Crippen LogP contribution in [0.4, 0.5) is 0 Å². The molecule has 0 atom stereocenters. The van der Waals surface area contributed by atoms with Crippen LogP contribution in [0, 0.1) is 0 Å². The first kappa shape index (κ1) is 12.3. The van der Waals surface area contributed by atoms with E-state index in [-0.39, 0.29) is 0 Å². The molecule has 0 saturated heterocycles. The summed E-state index contributed by atoms with van der Waals surface area (Å²) >= 11 is 1.79. The van der Waals surface area contributed by atoms with Crippen molar-refractivity contribution in [2.45, 2.75) is 20.4 Å². The summed E-state index contributed by atoms with van der Waals surface area (Å²) in [5, 5.41) is 1.19. The number of thiazole rings is 1. The first-order valence-corrected chi connectivity index (χ1v) is 6.72. The molecular formula is C14H18N2S. The summed E-state index contributed by atoms with van der Waals surface area (Å²) in [4.78, 5) is 7.02. The maximum Gasteiger partial charge on any atom is 0.108 e. The molecule has 90 valence electrons. The first-order valence-electron chi connectivity index (χ1n) is 5.90. The largest absolute Gasteiger partial charge is 0.293 e. The number of rotatable bonds is 5. The summed E-state index contributed by atoms with van der Waals surface area (Å²) in [5.41, 5.74) is 2.31. The maximum absolute atomic E-state index is 4.65. The third kappa shape index (κ3) is 3.14. The molecule has 3 heteroatoms. The van der Waals surface area contributed by atoms with Crippen LogP contribution in [0.2, 0.25) is 0 Å². The Bertz CT molecular complexity index is 483. The van der Waals surface area contributed by atoms with Crippen molar-refractivity contribution in [3.05, 3.63) is 41.4 Å². The fraction of sp³-hybridized carbons (Fsp3) is 0.357. The van der Waals surface area contributed by atoms with Gasteiger partial charge in [-0.15, -0.1) is 11.3 Å². The van der Waals surface area contributed by atoms with Gasteiger partial charge in [-0.05, 0) is 25.6 Å². The number of benzene rings is 1. The number of nitrogens with zero attached hydrogens (tertiary/aromatic N) is 2. The molecule has 0 spiro atoms. The predicted molar refractivity (Wildman–Crippen MR) is 75.4 cm³/mol. The Morgan fingerprint density at radius 3 is 2.82 bits per heavy atom. The Morgan fingerprint density at radius 2 is 2.18 bits per heavy atom. The zero-order valence-corrected chi connectivity index (χ0v) is 11.3. The molecule has 0 aliphatic heterocycles. The zero-order valence-electron chi connectivity index (χ0n) is 10.4. The highest BCUT2D eigenvalue weighted by atomic mass is 32.1. The van der Waals surface area contributed by atoms with Crippen LogP contribution in [-0.2, 0) is 6.54 Å². The predicted octanol–water partition coefficient (Wildman–Crippen LogP) is 3.69. The average molecular weight is 246 g/mol. The molecule has 0 aliphatic rings. The van der Waals surface area contributed by atoms with Gasteiger partial charge in [0, 0.05) is 6.54 Å². The number of fused-ring (bicyclic) bond motifs is 1. The number of aromatic nitrogens is 1. The molecule has 1 aromatic heterocycles. The molecule has 2 rings (SSSR count). The van der Waals surface area contributed by atoms with Crippen molar-refractivity contribution in [3.63, 3.8) is 0 Å². The Morgan fingerprint density at radius 1 is 1.41 bits per heavy atom. The van der Waals surface area contributed by atoms with E-state index in [1.54, 1.807) is 11.3 Å². The van der Waals surface area contributed by atoms with Gasteiger partial charge in [0.1, 0.15) is 5.01 Å². The van der Waals surface area contributed by atoms with Crippen LogP contribution in [0.1, 0.15) is 18.9 Å². The molecule has 0 amide bonds. The van der Waals surface area contributed by atoms with Gasteiger partial charge in [-0.25, -0.2) is 4.98 Å². The zero-order chi connectivity index (χ0) is 12.3. The molecular weight excluding hydrogens is 228 g/mol. The number of likely N-dealkylation sites (N-methyl/N-ethyl adjacent to an activating group) is 1. The summed E-state index contributed by atoms with van der Waals surface area (Å²) in [6, 6.07) is 8.31. The first-order chi connectivity index (χ1) is 8.19. The average Bonchev–Trinajstić information content (AvgIpc) is 2.69. The Kier molecular flexibility index (Phi) is 3.92. The van der Waals surface area contributed by atoms with Crippen LogP contribution in [0.3, 0.4) is 0 Å². The molecule has 2 aromatic rings. The van der Waals surface area contributed by atoms with E-state index in [0.29, 0.717) is 0 Å². The lowest BCUT2D eigenvalue weighted by Crippen LogP contribution is -2.24. The molecule has 0 aliphatic carbocycles. The Balaban J connectivity index is 2.14. The van der Waals surface area contributed by atoms with Crippen LogP contribution >= 0.6 is 11.3 Å². The second-order valence-corrected chi connectivity index (χ2v) is 5.45. The summed E-state index contributed by atoms with van der Waals surface area (Å²) < 4.78 is 1.27. The van der Waals surface area contributed by atoms with Crippen LogP contribution in [0.5, 0.6) is 0 Å². The highest BCUT2D eigenvalue weighted by Gasteiger charge is 2.08. The van der Waals surface area contributed by atoms with Gasteiger partial charge in [-0.2, -0.15) is 0 Å². The SMILES string of the molecule is C=C(C)CN(CC)Cc1nc2ccccc2s1. The molecule has 2 nitrogen and oxygen atoms in total. The molecule has 0 saturated carbocycles. The van der Waals surface area contributed by atoms with E-state index in [1.807, 2.05) is 6.07 Å². The van der Waals surface area contributed by atoms with Gasteiger partial charge in [0.15, 0.2) is 0 Å². The molecule has 0 bridgehead atoms. The molecule has 0 unspecified atom stereocenters. The fourth-order valence-electron chi connectivity index (χ4n) is 1.84. The summed E-state index contributed by atoms with van der Waals surface area (Å²) in [6.45, 7) is 11.1. The van der Waals surface area contributed by atoms with Crippen molar-refractivity contribution in [2.75, 3.05) is 13.1 Å². The van der Waals surface area contributed by atoms with E-state index < -0.39 is 0 Å². The number of hydrogen-bond donors (Lipinski definition) is 0. The van der Waals surface area contributed by atoms with Gasteiger partial charge in [-0.1, -0.05) is 31.2 Å². The van der Waals surface area contributed by atoms with Gasteiger partial charge >= 0.3 is 0 Å². The van der Waals surface area contributed by atoms with E-state index in [0.717, 1.165) is 25.2 Å². The van der Waals surface area contributed by atoms with Crippen molar-refractivity contribution in [1.29, 1.82) is 0 Å². The van der Waals surface area contributed by atoms with Gasteiger partial charge in [0.2, 0.25) is 0 Å². The third-order valence-electron chi connectivity index (χ3n) is 2.64. The summed E-state index contributed by atoms with van der Waals surface area (Å²) in [5.74, 6) is 0. The standard InChI is InChI=1S/C14H18N2S/c1-4-16(9-11(2)3)10-14-15-12-7-5-6-8-13(12)17-14/h5-8H,2,4,9-10H2,1,3H3. The maximum atomic E-state index is 4.65.